The molecule has 0 aliphatic heterocycles. The number of para-hydroxylation sites is 1. The Bertz CT molecular complexity index is 916. The van der Waals surface area contributed by atoms with Crippen LogP contribution in [0.15, 0.2) is 47.4 Å². The third-order valence-electron chi connectivity index (χ3n) is 3.21. The number of rotatable bonds is 4. The van der Waals surface area contributed by atoms with Crippen LogP contribution in [-0.4, -0.2) is 20.5 Å². The minimum absolute atomic E-state index is 0.171. The van der Waals surface area contributed by atoms with Crippen LogP contribution in [0.4, 0.5) is 5.13 Å². The first-order chi connectivity index (χ1) is 10.5. The number of nitrogens with one attached hydrogen (secondary N) is 1. The second-order valence-corrected chi connectivity index (χ2v) is 7.43. The van der Waals surface area contributed by atoms with Crippen molar-refractivity contribution >= 4 is 36.7 Å². The summed E-state index contributed by atoms with van der Waals surface area (Å²) in [6.07, 6.45) is 0. The van der Waals surface area contributed by atoms with E-state index in [-0.39, 0.29) is 4.90 Å². The molecule has 7 heteroatoms. The highest BCUT2D eigenvalue weighted by Gasteiger charge is 2.17. The summed E-state index contributed by atoms with van der Waals surface area (Å²) in [6, 6.07) is 12.0. The summed E-state index contributed by atoms with van der Waals surface area (Å²) in [4.78, 5) is 4.53. The molecular formula is C15H14N2O3S2. The van der Waals surface area contributed by atoms with Crippen molar-refractivity contribution in [3.63, 3.8) is 0 Å². The van der Waals surface area contributed by atoms with Gasteiger partial charge >= 0.3 is 0 Å². The van der Waals surface area contributed by atoms with Gasteiger partial charge in [-0.2, -0.15) is 0 Å². The summed E-state index contributed by atoms with van der Waals surface area (Å²) in [5, 5.41) is 0.361. The lowest BCUT2D eigenvalue weighted by molar-refractivity contribution is 0.414. The standard InChI is InChI=1S/C15H14N2O3S2/c1-10-4-3-5-13-14(10)16-15(21-13)17-22(18,19)12-8-6-11(20-2)7-9-12/h3-9H,1-2H3,(H,16,17). The Kier molecular flexibility index (Phi) is 3.76. The molecule has 2 aromatic carbocycles. The van der Waals surface area contributed by atoms with E-state index in [0.29, 0.717) is 10.9 Å². The highest BCUT2D eigenvalue weighted by Crippen LogP contribution is 2.29. The lowest BCUT2D eigenvalue weighted by Gasteiger charge is -2.05. The fourth-order valence-electron chi connectivity index (χ4n) is 2.06. The summed E-state index contributed by atoms with van der Waals surface area (Å²) in [5.74, 6) is 0.606. The average Bonchev–Trinajstić information content (AvgIpc) is 2.90. The van der Waals surface area contributed by atoms with Crippen molar-refractivity contribution in [1.29, 1.82) is 0 Å². The predicted octanol–water partition coefficient (Wildman–Crippen LogP) is 3.41. The number of benzene rings is 2. The Morgan fingerprint density at radius 3 is 2.50 bits per heavy atom. The van der Waals surface area contributed by atoms with Gasteiger partial charge in [-0.3, -0.25) is 4.72 Å². The zero-order valence-corrected chi connectivity index (χ0v) is 13.7. The van der Waals surface area contributed by atoms with Gasteiger partial charge in [0, 0.05) is 0 Å². The maximum atomic E-state index is 12.4. The molecule has 1 N–H and O–H groups in total. The average molecular weight is 334 g/mol. The van der Waals surface area contributed by atoms with Crippen LogP contribution in [0.2, 0.25) is 0 Å². The largest absolute Gasteiger partial charge is 0.497 e. The number of nitrogens with zero attached hydrogens (tertiary/aromatic N) is 1. The van der Waals surface area contributed by atoms with Crippen molar-refractivity contribution < 1.29 is 13.2 Å². The smallest absolute Gasteiger partial charge is 0.263 e. The Balaban J connectivity index is 1.93. The number of hydrogen-bond donors (Lipinski definition) is 1. The molecule has 0 bridgehead atoms. The molecule has 0 unspecified atom stereocenters. The van der Waals surface area contributed by atoms with Gasteiger partial charge in [0.15, 0.2) is 5.13 Å². The summed E-state index contributed by atoms with van der Waals surface area (Å²) in [5.41, 5.74) is 1.84. The molecule has 0 amide bonds. The highest BCUT2D eigenvalue weighted by molar-refractivity contribution is 7.93. The summed E-state index contributed by atoms with van der Waals surface area (Å²) < 4.78 is 33.3. The minimum Gasteiger partial charge on any atom is -0.497 e. The molecule has 1 aromatic heterocycles. The van der Waals surface area contributed by atoms with Gasteiger partial charge in [0.1, 0.15) is 5.75 Å². The van der Waals surface area contributed by atoms with Crippen LogP contribution in [0, 0.1) is 6.92 Å². The molecule has 3 aromatic rings. The maximum absolute atomic E-state index is 12.4. The number of methoxy groups -OCH3 is 1. The third-order valence-corrected chi connectivity index (χ3v) is 5.63. The van der Waals surface area contributed by atoms with Crippen LogP contribution in [0.5, 0.6) is 5.75 Å². The van der Waals surface area contributed by atoms with Crippen molar-refractivity contribution in [1.82, 2.24) is 4.98 Å². The molecule has 0 spiro atoms. The molecular weight excluding hydrogens is 320 g/mol. The summed E-state index contributed by atoms with van der Waals surface area (Å²) in [7, 11) is -2.12. The first kappa shape index (κ1) is 14.8. The molecule has 0 aliphatic rings. The van der Waals surface area contributed by atoms with Gasteiger partial charge in [0.25, 0.3) is 10.0 Å². The van der Waals surface area contributed by atoms with E-state index in [2.05, 4.69) is 9.71 Å². The van der Waals surface area contributed by atoms with E-state index < -0.39 is 10.0 Å². The lowest BCUT2D eigenvalue weighted by atomic mass is 10.2. The Hall–Kier alpha value is -2.12. The number of sulfonamides is 1. The SMILES string of the molecule is COc1ccc(S(=O)(=O)Nc2nc3c(C)cccc3s2)cc1. The normalized spacial score (nSPS) is 11.5. The van der Waals surface area contributed by atoms with Crippen molar-refractivity contribution in [2.45, 2.75) is 11.8 Å². The quantitative estimate of drug-likeness (QED) is 0.794. The molecule has 0 saturated carbocycles. The van der Waals surface area contributed by atoms with Gasteiger partial charge in [-0.15, -0.1) is 0 Å². The molecule has 5 nitrogen and oxygen atoms in total. The maximum Gasteiger partial charge on any atom is 0.263 e. The van der Waals surface area contributed by atoms with Crippen molar-refractivity contribution in [2.24, 2.45) is 0 Å². The molecule has 0 saturated heterocycles. The molecule has 0 atom stereocenters. The van der Waals surface area contributed by atoms with Gasteiger partial charge in [0.2, 0.25) is 0 Å². The lowest BCUT2D eigenvalue weighted by Crippen LogP contribution is -2.12. The van der Waals surface area contributed by atoms with E-state index >= 15 is 0 Å². The number of anilines is 1. The Morgan fingerprint density at radius 2 is 1.86 bits per heavy atom. The van der Waals surface area contributed by atoms with Gasteiger partial charge in [-0.1, -0.05) is 23.5 Å². The molecule has 0 fully saturated rings. The van der Waals surface area contributed by atoms with E-state index in [1.165, 1.54) is 30.6 Å². The highest BCUT2D eigenvalue weighted by atomic mass is 32.2. The fraction of sp³-hybridized carbons (Fsp3) is 0.133. The first-order valence-corrected chi connectivity index (χ1v) is 8.82. The Labute approximate surface area is 132 Å². The number of fused-ring (bicyclic) bond motifs is 1. The number of aromatic nitrogens is 1. The molecule has 0 aliphatic carbocycles. The zero-order chi connectivity index (χ0) is 15.7. The van der Waals surface area contributed by atoms with Crippen molar-refractivity contribution in [3.8, 4) is 5.75 Å². The van der Waals surface area contributed by atoms with Crippen molar-refractivity contribution in [2.75, 3.05) is 11.8 Å². The summed E-state index contributed by atoms with van der Waals surface area (Å²) >= 11 is 1.31. The van der Waals surface area contributed by atoms with E-state index in [1.807, 2.05) is 25.1 Å². The van der Waals surface area contributed by atoms with Gasteiger partial charge in [-0.25, -0.2) is 13.4 Å². The number of thiazole rings is 1. The van der Waals surface area contributed by atoms with Gasteiger partial charge < -0.3 is 4.74 Å². The zero-order valence-electron chi connectivity index (χ0n) is 12.0. The monoisotopic (exact) mass is 334 g/mol. The second kappa shape index (κ2) is 5.58. The predicted molar refractivity (Wildman–Crippen MR) is 88.2 cm³/mol. The van der Waals surface area contributed by atoms with E-state index in [9.17, 15) is 8.42 Å². The van der Waals surface area contributed by atoms with Gasteiger partial charge in [-0.05, 0) is 42.8 Å². The summed E-state index contributed by atoms with van der Waals surface area (Å²) in [6.45, 7) is 1.95. The third kappa shape index (κ3) is 2.77. The number of aryl methyl sites for hydroxylation is 1. The fourth-order valence-corrected chi connectivity index (χ4v) is 4.24. The van der Waals surface area contributed by atoms with E-state index in [1.54, 1.807) is 12.1 Å². The number of ether oxygens (including phenoxy) is 1. The minimum atomic E-state index is -3.66. The molecule has 114 valence electrons. The van der Waals surface area contributed by atoms with Crippen LogP contribution in [0.25, 0.3) is 10.2 Å². The topological polar surface area (TPSA) is 68.3 Å². The van der Waals surface area contributed by atoms with Crippen LogP contribution in [0.3, 0.4) is 0 Å². The molecule has 0 radical (unpaired) electrons. The second-order valence-electron chi connectivity index (χ2n) is 4.72. The molecule has 1 heterocycles. The first-order valence-electron chi connectivity index (χ1n) is 6.52. The molecule has 22 heavy (non-hydrogen) atoms. The van der Waals surface area contributed by atoms with Crippen LogP contribution < -0.4 is 9.46 Å². The van der Waals surface area contributed by atoms with Crippen LogP contribution >= 0.6 is 11.3 Å². The van der Waals surface area contributed by atoms with Crippen LogP contribution in [0.1, 0.15) is 5.56 Å². The van der Waals surface area contributed by atoms with Crippen molar-refractivity contribution in [3.05, 3.63) is 48.0 Å². The molecule has 3 rings (SSSR count). The van der Waals surface area contributed by atoms with E-state index in [4.69, 9.17) is 4.74 Å². The van der Waals surface area contributed by atoms with Crippen LogP contribution in [-0.2, 0) is 10.0 Å². The van der Waals surface area contributed by atoms with Gasteiger partial charge in [0.05, 0.1) is 22.2 Å². The number of hydrogen-bond acceptors (Lipinski definition) is 5. The Morgan fingerprint density at radius 1 is 1.14 bits per heavy atom. The van der Waals surface area contributed by atoms with E-state index in [0.717, 1.165) is 15.8 Å².